The summed E-state index contributed by atoms with van der Waals surface area (Å²) in [5, 5.41) is 8.92. The molecule has 26 heavy (non-hydrogen) atoms. The highest BCUT2D eigenvalue weighted by atomic mass is 16.5. The van der Waals surface area contributed by atoms with Gasteiger partial charge in [0.25, 0.3) is 0 Å². The molecule has 2 aromatic carbocycles. The van der Waals surface area contributed by atoms with E-state index in [0.717, 1.165) is 24.0 Å². The van der Waals surface area contributed by atoms with E-state index in [9.17, 15) is 9.59 Å². The van der Waals surface area contributed by atoms with Crippen LogP contribution in [0.3, 0.4) is 0 Å². The van der Waals surface area contributed by atoms with Crippen LogP contribution in [0.5, 0.6) is 0 Å². The molecule has 0 bridgehead atoms. The summed E-state index contributed by atoms with van der Waals surface area (Å²) in [6, 6.07) is 16.6. The SMILES string of the molecule is O=C(O)c1ccc(CC(=O)N2CCC(OCc3ccccc3)CC2)cc1. The van der Waals surface area contributed by atoms with E-state index in [1.165, 1.54) is 12.1 Å². The fourth-order valence-corrected chi connectivity index (χ4v) is 3.11. The zero-order valence-electron chi connectivity index (χ0n) is 14.6. The first kappa shape index (κ1) is 18.1. The van der Waals surface area contributed by atoms with Gasteiger partial charge >= 0.3 is 5.97 Å². The minimum absolute atomic E-state index is 0.0783. The van der Waals surface area contributed by atoms with Crippen molar-refractivity contribution < 1.29 is 19.4 Å². The maximum atomic E-state index is 12.4. The Bertz CT molecular complexity index is 734. The zero-order chi connectivity index (χ0) is 18.4. The molecule has 5 heteroatoms. The lowest BCUT2D eigenvalue weighted by Gasteiger charge is -2.32. The van der Waals surface area contributed by atoms with Crippen molar-refractivity contribution in [3.8, 4) is 0 Å². The highest BCUT2D eigenvalue weighted by Crippen LogP contribution is 2.17. The molecule has 1 fully saturated rings. The maximum Gasteiger partial charge on any atom is 0.335 e. The highest BCUT2D eigenvalue weighted by Gasteiger charge is 2.23. The molecule has 0 radical (unpaired) electrons. The number of ether oxygens (including phenoxy) is 1. The van der Waals surface area contributed by atoms with E-state index in [1.807, 2.05) is 35.2 Å². The summed E-state index contributed by atoms with van der Waals surface area (Å²) in [6.07, 6.45) is 2.18. The molecule has 1 aliphatic heterocycles. The van der Waals surface area contributed by atoms with E-state index in [0.29, 0.717) is 26.1 Å². The minimum atomic E-state index is -0.958. The van der Waals surface area contributed by atoms with Gasteiger partial charge in [0.05, 0.1) is 24.7 Å². The molecule has 1 heterocycles. The van der Waals surface area contributed by atoms with Crippen LogP contribution >= 0.6 is 0 Å². The molecule has 0 unspecified atom stereocenters. The van der Waals surface area contributed by atoms with E-state index >= 15 is 0 Å². The first-order chi connectivity index (χ1) is 12.6. The predicted octanol–water partition coefficient (Wildman–Crippen LogP) is 3.14. The predicted molar refractivity (Wildman–Crippen MR) is 97.9 cm³/mol. The molecule has 0 aromatic heterocycles. The quantitative estimate of drug-likeness (QED) is 0.866. The molecule has 0 atom stereocenters. The smallest absolute Gasteiger partial charge is 0.335 e. The molecule has 1 saturated heterocycles. The second kappa shape index (κ2) is 8.63. The van der Waals surface area contributed by atoms with Crippen molar-refractivity contribution in [1.82, 2.24) is 4.90 Å². The molecule has 1 aliphatic rings. The van der Waals surface area contributed by atoms with Gasteiger partial charge in [0.2, 0.25) is 5.91 Å². The van der Waals surface area contributed by atoms with E-state index in [4.69, 9.17) is 9.84 Å². The minimum Gasteiger partial charge on any atom is -0.478 e. The number of hydrogen-bond donors (Lipinski definition) is 1. The van der Waals surface area contributed by atoms with Crippen LogP contribution in [0.15, 0.2) is 54.6 Å². The standard InChI is InChI=1S/C21H23NO4/c23-20(14-16-6-8-18(9-7-16)21(24)25)22-12-10-19(11-13-22)26-15-17-4-2-1-3-5-17/h1-9,19H,10-15H2,(H,24,25). The first-order valence-corrected chi connectivity index (χ1v) is 8.87. The molecule has 0 spiro atoms. The number of carboxylic acids is 1. The summed E-state index contributed by atoms with van der Waals surface area (Å²) in [7, 11) is 0. The number of carbonyl (C=O) groups excluding carboxylic acids is 1. The summed E-state index contributed by atoms with van der Waals surface area (Å²) in [5.41, 5.74) is 2.23. The molecule has 136 valence electrons. The van der Waals surface area contributed by atoms with Crippen molar-refractivity contribution >= 4 is 11.9 Å². The zero-order valence-corrected chi connectivity index (χ0v) is 14.6. The van der Waals surface area contributed by atoms with Crippen molar-refractivity contribution in [2.75, 3.05) is 13.1 Å². The number of amides is 1. The highest BCUT2D eigenvalue weighted by molar-refractivity contribution is 5.87. The van der Waals surface area contributed by atoms with Crippen LogP contribution in [0.1, 0.15) is 34.3 Å². The lowest BCUT2D eigenvalue weighted by atomic mass is 10.0. The van der Waals surface area contributed by atoms with Crippen LogP contribution in [0.2, 0.25) is 0 Å². The summed E-state index contributed by atoms with van der Waals surface area (Å²) < 4.78 is 5.96. The molecule has 1 amide bonds. The van der Waals surface area contributed by atoms with Crippen LogP contribution < -0.4 is 0 Å². The molecular formula is C21H23NO4. The van der Waals surface area contributed by atoms with E-state index in [-0.39, 0.29) is 17.6 Å². The Hall–Kier alpha value is -2.66. The molecule has 5 nitrogen and oxygen atoms in total. The van der Waals surface area contributed by atoms with Crippen LogP contribution in [0.25, 0.3) is 0 Å². The van der Waals surface area contributed by atoms with Gasteiger partial charge in [-0.1, -0.05) is 42.5 Å². The van der Waals surface area contributed by atoms with Gasteiger partial charge in [-0.2, -0.15) is 0 Å². The largest absolute Gasteiger partial charge is 0.478 e. The summed E-state index contributed by atoms with van der Waals surface area (Å²) in [5.74, 6) is -0.880. The fraction of sp³-hybridized carbons (Fsp3) is 0.333. The van der Waals surface area contributed by atoms with Crippen molar-refractivity contribution in [2.45, 2.75) is 32.0 Å². The lowest BCUT2D eigenvalue weighted by molar-refractivity contribution is -0.133. The third-order valence-corrected chi connectivity index (χ3v) is 4.68. The van der Waals surface area contributed by atoms with Crippen molar-refractivity contribution in [2.24, 2.45) is 0 Å². The second-order valence-corrected chi connectivity index (χ2v) is 6.56. The number of aromatic carboxylic acids is 1. The van der Waals surface area contributed by atoms with Crippen LogP contribution in [0, 0.1) is 0 Å². The number of benzene rings is 2. The number of piperidine rings is 1. The monoisotopic (exact) mass is 353 g/mol. The lowest BCUT2D eigenvalue weighted by Crippen LogP contribution is -2.41. The van der Waals surface area contributed by atoms with Gasteiger partial charge in [-0.05, 0) is 36.1 Å². The summed E-state index contributed by atoms with van der Waals surface area (Å²) in [4.78, 5) is 25.2. The normalized spacial score (nSPS) is 15.0. The van der Waals surface area contributed by atoms with Gasteiger partial charge in [-0.15, -0.1) is 0 Å². The second-order valence-electron chi connectivity index (χ2n) is 6.56. The Morgan fingerprint density at radius 3 is 2.23 bits per heavy atom. The Morgan fingerprint density at radius 1 is 0.962 bits per heavy atom. The molecule has 3 rings (SSSR count). The Balaban J connectivity index is 1.43. The van der Waals surface area contributed by atoms with Gasteiger partial charge in [0, 0.05) is 13.1 Å². The third kappa shape index (κ3) is 4.92. The Kier molecular flexibility index (Phi) is 6.02. The van der Waals surface area contributed by atoms with Crippen molar-refractivity contribution in [1.29, 1.82) is 0 Å². The number of hydrogen-bond acceptors (Lipinski definition) is 3. The average molecular weight is 353 g/mol. The summed E-state index contributed by atoms with van der Waals surface area (Å²) in [6.45, 7) is 2.01. The maximum absolute atomic E-state index is 12.4. The van der Waals surface area contributed by atoms with Gasteiger partial charge in [0.15, 0.2) is 0 Å². The van der Waals surface area contributed by atoms with Crippen molar-refractivity contribution in [3.05, 3.63) is 71.3 Å². The number of carbonyl (C=O) groups is 2. The first-order valence-electron chi connectivity index (χ1n) is 8.87. The third-order valence-electron chi connectivity index (χ3n) is 4.68. The van der Waals surface area contributed by atoms with Crippen LogP contribution in [-0.2, 0) is 22.6 Å². The van der Waals surface area contributed by atoms with E-state index in [1.54, 1.807) is 12.1 Å². The number of nitrogens with zero attached hydrogens (tertiary/aromatic N) is 1. The molecule has 0 saturated carbocycles. The number of rotatable bonds is 6. The number of likely N-dealkylation sites (tertiary alicyclic amines) is 1. The topological polar surface area (TPSA) is 66.8 Å². The van der Waals surface area contributed by atoms with Gasteiger partial charge in [0.1, 0.15) is 0 Å². The van der Waals surface area contributed by atoms with Crippen LogP contribution in [0.4, 0.5) is 0 Å². The average Bonchev–Trinajstić information content (AvgIpc) is 2.68. The fourth-order valence-electron chi connectivity index (χ4n) is 3.11. The van der Waals surface area contributed by atoms with E-state index in [2.05, 4.69) is 0 Å². The van der Waals surface area contributed by atoms with Crippen molar-refractivity contribution in [3.63, 3.8) is 0 Å². The van der Waals surface area contributed by atoms with Gasteiger partial charge in [-0.3, -0.25) is 4.79 Å². The Labute approximate surface area is 153 Å². The van der Waals surface area contributed by atoms with E-state index < -0.39 is 5.97 Å². The van der Waals surface area contributed by atoms with Gasteiger partial charge < -0.3 is 14.7 Å². The molecule has 0 aliphatic carbocycles. The number of carboxylic acid groups (broad SMARTS) is 1. The Morgan fingerprint density at radius 2 is 1.62 bits per heavy atom. The van der Waals surface area contributed by atoms with Gasteiger partial charge in [-0.25, -0.2) is 4.79 Å². The summed E-state index contributed by atoms with van der Waals surface area (Å²) >= 11 is 0. The van der Waals surface area contributed by atoms with Crippen LogP contribution in [-0.4, -0.2) is 41.1 Å². The molecule has 1 N–H and O–H groups in total. The molecule has 2 aromatic rings. The molecular weight excluding hydrogens is 330 g/mol.